The van der Waals surface area contributed by atoms with E-state index in [2.05, 4.69) is 5.32 Å². The van der Waals surface area contributed by atoms with Crippen LogP contribution in [0.15, 0.2) is 24.3 Å². The van der Waals surface area contributed by atoms with Crippen LogP contribution >= 0.6 is 0 Å². The van der Waals surface area contributed by atoms with Crippen molar-refractivity contribution in [1.82, 2.24) is 10.0 Å². The Labute approximate surface area is 112 Å². The van der Waals surface area contributed by atoms with Crippen molar-refractivity contribution in [3.8, 4) is 0 Å². The van der Waals surface area contributed by atoms with Crippen LogP contribution in [0.4, 0.5) is 0 Å². The highest BCUT2D eigenvalue weighted by molar-refractivity contribution is 5.94. The molecule has 0 saturated heterocycles. The van der Waals surface area contributed by atoms with Crippen molar-refractivity contribution in [1.29, 1.82) is 0 Å². The van der Waals surface area contributed by atoms with Crippen LogP contribution in [-0.2, 0) is 4.79 Å². The molecule has 0 saturated carbocycles. The highest BCUT2D eigenvalue weighted by atomic mass is 16.5. The molecule has 8 heteroatoms. The fourth-order valence-electron chi connectivity index (χ4n) is 1.85. The lowest BCUT2D eigenvalue weighted by Crippen LogP contribution is -2.38. The Kier molecular flexibility index (Phi) is 3.38. The van der Waals surface area contributed by atoms with E-state index in [1.807, 2.05) is 0 Å². The quantitative estimate of drug-likeness (QED) is 0.767. The zero-order valence-corrected chi connectivity index (χ0v) is 10.5. The van der Waals surface area contributed by atoms with E-state index in [0.717, 1.165) is 0 Å². The number of carbonyl (C=O) groups is 2. The molecule has 0 radical (unpaired) electrons. The highest BCUT2D eigenvalue weighted by Gasteiger charge is 2.26. The van der Waals surface area contributed by atoms with Gasteiger partial charge in [0.25, 0.3) is 5.52 Å². The Morgan fingerprint density at radius 1 is 1.40 bits per heavy atom. The van der Waals surface area contributed by atoms with Gasteiger partial charge in [-0.1, -0.05) is 12.1 Å². The molecule has 0 unspecified atom stereocenters. The summed E-state index contributed by atoms with van der Waals surface area (Å²) in [5, 5.41) is 22.6. The fraction of sp³-hybridized carbons (Fsp3) is 0.167. The summed E-state index contributed by atoms with van der Waals surface area (Å²) >= 11 is 0. The second-order valence-electron chi connectivity index (χ2n) is 4.09. The van der Waals surface area contributed by atoms with Crippen LogP contribution in [0.3, 0.4) is 0 Å². The SMILES string of the molecule is Cc1c(C(=O)NCC(=O)O)[n+](=O)c2ccccc2n1[O-]. The van der Waals surface area contributed by atoms with E-state index in [0.29, 0.717) is 9.16 Å². The van der Waals surface area contributed by atoms with E-state index in [4.69, 9.17) is 5.11 Å². The number of amides is 1. The number of nitrogens with one attached hydrogen (secondary N) is 1. The number of hydrogen-bond acceptors (Lipinski definition) is 4. The number of benzene rings is 1. The van der Waals surface area contributed by atoms with Gasteiger partial charge in [0, 0.05) is 11.0 Å². The van der Waals surface area contributed by atoms with Gasteiger partial charge in [0.05, 0.1) is 10.1 Å². The molecule has 2 N–H and O–H groups in total. The zero-order chi connectivity index (χ0) is 14.9. The average Bonchev–Trinajstić information content (AvgIpc) is 2.43. The van der Waals surface area contributed by atoms with Crippen LogP contribution in [0, 0.1) is 17.0 Å². The smallest absolute Gasteiger partial charge is 0.346 e. The lowest BCUT2D eigenvalue weighted by molar-refractivity contribution is -0.468. The molecule has 1 aromatic carbocycles. The Balaban J connectivity index is 2.62. The normalized spacial score (nSPS) is 10.4. The van der Waals surface area contributed by atoms with E-state index in [9.17, 15) is 19.7 Å². The molecule has 0 aliphatic rings. The summed E-state index contributed by atoms with van der Waals surface area (Å²) in [5.74, 6) is -2.15. The molecule has 20 heavy (non-hydrogen) atoms. The minimum atomic E-state index is -1.25. The highest BCUT2D eigenvalue weighted by Crippen LogP contribution is 2.13. The van der Waals surface area contributed by atoms with Gasteiger partial charge in [0.1, 0.15) is 12.1 Å². The third kappa shape index (κ3) is 2.18. The third-order valence-corrected chi connectivity index (χ3v) is 2.79. The van der Waals surface area contributed by atoms with Crippen molar-refractivity contribution in [2.75, 3.05) is 6.54 Å². The number of fused-ring (bicyclic) bond motifs is 1. The average molecular weight is 277 g/mol. The van der Waals surface area contributed by atoms with Gasteiger partial charge >= 0.3 is 17.6 Å². The van der Waals surface area contributed by atoms with Crippen molar-refractivity contribution in [2.24, 2.45) is 0 Å². The van der Waals surface area contributed by atoms with Crippen LogP contribution < -0.4 is 9.74 Å². The van der Waals surface area contributed by atoms with Crippen molar-refractivity contribution in [3.05, 3.63) is 45.8 Å². The van der Waals surface area contributed by atoms with Gasteiger partial charge in [0.15, 0.2) is 0 Å². The summed E-state index contributed by atoms with van der Waals surface area (Å²) in [6.45, 7) is 0.688. The third-order valence-electron chi connectivity index (χ3n) is 2.79. The summed E-state index contributed by atoms with van der Waals surface area (Å²) in [7, 11) is 0. The topological polar surface area (TPSA) is 117 Å². The van der Waals surface area contributed by atoms with E-state index in [-0.39, 0.29) is 16.7 Å². The van der Waals surface area contributed by atoms with Gasteiger partial charge in [-0.15, -0.1) is 0 Å². The molecule has 0 aliphatic heterocycles. The second kappa shape index (κ2) is 5.00. The van der Waals surface area contributed by atoms with Gasteiger partial charge < -0.3 is 20.4 Å². The summed E-state index contributed by atoms with van der Waals surface area (Å²) in [6.07, 6.45) is 0. The monoisotopic (exact) mass is 277 g/mol. The number of carboxylic acids is 1. The van der Waals surface area contributed by atoms with Gasteiger partial charge in [-0.3, -0.25) is 9.59 Å². The standard InChI is InChI=1S/C12H11N3O5/c1-7-11(12(18)13-6-10(16)17)15(20)9-5-3-2-4-8(9)14(7)19/h2-5H,6H2,1H3,(H,13,18)(H,16,17). The van der Waals surface area contributed by atoms with Crippen LogP contribution in [0.25, 0.3) is 11.0 Å². The van der Waals surface area contributed by atoms with Crippen molar-refractivity contribution < 1.29 is 19.1 Å². The molecule has 8 nitrogen and oxygen atoms in total. The number of carboxylic acid groups (broad SMARTS) is 1. The molecule has 1 aromatic heterocycles. The summed E-state index contributed by atoms with van der Waals surface area (Å²) in [6, 6.07) is 6.03. The Hall–Kier alpha value is -2.90. The minimum Gasteiger partial charge on any atom is -0.805 e. The molecule has 2 rings (SSSR count). The number of carbonyl (C=O) groups excluding carboxylic acids is 1. The molecule has 1 heterocycles. The summed E-state index contributed by atoms with van der Waals surface area (Å²) in [5.41, 5.74) is -0.343. The van der Waals surface area contributed by atoms with Crippen LogP contribution in [0.2, 0.25) is 0 Å². The van der Waals surface area contributed by atoms with Gasteiger partial charge in [0.2, 0.25) is 0 Å². The second-order valence-corrected chi connectivity index (χ2v) is 4.09. The molecule has 0 bridgehead atoms. The Bertz CT molecular complexity index is 766. The molecule has 1 amide bonds. The van der Waals surface area contributed by atoms with Gasteiger partial charge in [-0.05, 0) is 13.0 Å². The molecule has 0 spiro atoms. The number of para-hydroxylation sites is 2. The van der Waals surface area contributed by atoms with Crippen LogP contribution in [0.1, 0.15) is 16.2 Å². The van der Waals surface area contributed by atoms with E-state index < -0.39 is 24.1 Å². The van der Waals surface area contributed by atoms with E-state index >= 15 is 0 Å². The molecular weight excluding hydrogens is 266 g/mol. The Morgan fingerprint density at radius 3 is 2.70 bits per heavy atom. The number of aromatic nitrogens is 2. The first kappa shape index (κ1) is 13.5. The first-order valence-electron chi connectivity index (χ1n) is 5.68. The van der Waals surface area contributed by atoms with Gasteiger partial charge in [-0.2, -0.15) is 0 Å². The van der Waals surface area contributed by atoms with Gasteiger partial charge in [-0.25, -0.2) is 0 Å². The fourth-order valence-corrected chi connectivity index (χ4v) is 1.85. The Morgan fingerprint density at radius 2 is 2.05 bits per heavy atom. The lowest BCUT2D eigenvalue weighted by atomic mass is 10.2. The van der Waals surface area contributed by atoms with Crippen LogP contribution in [0.5, 0.6) is 0 Å². The van der Waals surface area contributed by atoms with Crippen molar-refractivity contribution in [3.63, 3.8) is 0 Å². The molecular formula is C12H11N3O5. The largest absolute Gasteiger partial charge is 0.805 e. The first-order valence-corrected chi connectivity index (χ1v) is 5.68. The maximum Gasteiger partial charge on any atom is 0.346 e. The molecule has 0 fully saturated rings. The predicted molar refractivity (Wildman–Crippen MR) is 68.8 cm³/mol. The molecule has 2 aromatic rings. The van der Waals surface area contributed by atoms with Crippen molar-refractivity contribution >= 4 is 22.9 Å². The summed E-state index contributed by atoms with van der Waals surface area (Å²) < 4.78 is 0.801. The van der Waals surface area contributed by atoms with Crippen LogP contribution in [-0.4, -0.2) is 28.3 Å². The molecule has 0 atom stereocenters. The number of nitrogens with zero attached hydrogens (tertiary/aromatic N) is 2. The zero-order valence-electron chi connectivity index (χ0n) is 10.5. The first-order chi connectivity index (χ1) is 9.43. The predicted octanol–water partition coefficient (Wildman–Crippen LogP) is 0.0245. The molecule has 0 aliphatic carbocycles. The van der Waals surface area contributed by atoms with E-state index in [1.165, 1.54) is 19.1 Å². The van der Waals surface area contributed by atoms with E-state index in [1.54, 1.807) is 12.1 Å². The lowest BCUT2D eigenvalue weighted by Gasteiger charge is -2.15. The number of aliphatic carboxylic acids is 1. The van der Waals surface area contributed by atoms with Crippen molar-refractivity contribution in [2.45, 2.75) is 6.92 Å². The minimum absolute atomic E-state index is 0.0357. The summed E-state index contributed by atoms with van der Waals surface area (Å²) in [4.78, 5) is 34.4. The maximum absolute atomic E-state index is 12.1. The molecule has 104 valence electrons. The number of hydrogen-bond donors (Lipinski definition) is 2. The number of rotatable bonds is 3. The maximum atomic E-state index is 12.1.